The summed E-state index contributed by atoms with van der Waals surface area (Å²) in [6, 6.07) is 22.1. The van der Waals surface area contributed by atoms with E-state index in [1.165, 1.54) is 0 Å². The molecule has 5 nitrogen and oxygen atoms in total. The summed E-state index contributed by atoms with van der Waals surface area (Å²) in [5, 5.41) is 5.74. The van der Waals surface area contributed by atoms with Crippen molar-refractivity contribution in [3.05, 3.63) is 89.5 Å². The monoisotopic (exact) mass is 402 g/mol. The molecular formula is C25H26N2O3. The standard InChI is InChI=1S/C25H26N2O3/c1-4-23(30-21-15-9-17(2)10-16-21)25(29)27-20-13-11-19(12-14-20)26-24(28)22-8-6-5-7-18(22)3/h5-16,23H,4H2,1-3H3,(H,26,28)(H,27,29). The number of aryl methyl sites for hydroxylation is 2. The molecule has 0 heterocycles. The number of hydrogen-bond donors (Lipinski definition) is 2. The van der Waals surface area contributed by atoms with E-state index in [9.17, 15) is 9.59 Å². The first kappa shape index (κ1) is 21.1. The van der Waals surface area contributed by atoms with Gasteiger partial charge in [-0.2, -0.15) is 0 Å². The van der Waals surface area contributed by atoms with Gasteiger partial charge in [-0.25, -0.2) is 0 Å². The number of carbonyl (C=O) groups excluding carboxylic acids is 2. The van der Waals surface area contributed by atoms with Gasteiger partial charge in [0.1, 0.15) is 5.75 Å². The zero-order valence-electron chi connectivity index (χ0n) is 17.4. The van der Waals surface area contributed by atoms with Crippen LogP contribution >= 0.6 is 0 Å². The SMILES string of the molecule is CCC(Oc1ccc(C)cc1)C(=O)Nc1ccc(NC(=O)c2ccccc2C)cc1. The first-order valence-electron chi connectivity index (χ1n) is 9.97. The summed E-state index contributed by atoms with van der Waals surface area (Å²) in [7, 11) is 0. The van der Waals surface area contributed by atoms with Crippen LogP contribution in [0.2, 0.25) is 0 Å². The largest absolute Gasteiger partial charge is 0.481 e. The van der Waals surface area contributed by atoms with E-state index in [0.717, 1.165) is 11.1 Å². The summed E-state index contributed by atoms with van der Waals surface area (Å²) < 4.78 is 5.82. The van der Waals surface area contributed by atoms with E-state index in [0.29, 0.717) is 29.1 Å². The summed E-state index contributed by atoms with van der Waals surface area (Å²) in [6.07, 6.45) is -0.0438. The predicted molar refractivity (Wildman–Crippen MR) is 120 cm³/mol. The fourth-order valence-electron chi connectivity index (χ4n) is 2.99. The highest BCUT2D eigenvalue weighted by Crippen LogP contribution is 2.18. The zero-order valence-corrected chi connectivity index (χ0v) is 17.4. The number of anilines is 2. The maximum Gasteiger partial charge on any atom is 0.265 e. The van der Waals surface area contributed by atoms with Crippen LogP contribution in [0.3, 0.4) is 0 Å². The molecule has 0 aliphatic heterocycles. The van der Waals surface area contributed by atoms with Crippen molar-refractivity contribution in [1.29, 1.82) is 0 Å². The summed E-state index contributed by atoms with van der Waals surface area (Å²) in [4.78, 5) is 25.0. The quantitative estimate of drug-likeness (QED) is 0.560. The fraction of sp³-hybridized carbons (Fsp3) is 0.200. The van der Waals surface area contributed by atoms with Crippen LogP contribution in [0.15, 0.2) is 72.8 Å². The first-order chi connectivity index (χ1) is 14.5. The molecule has 0 aliphatic rings. The molecule has 0 aliphatic carbocycles. The smallest absolute Gasteiger partial charge is 0.265 e. The minimum atomic E-state index is -0.590. The van der Waals surface area contributed by atoms with Gasteiger partial charge in [0, 0.05) is 16.9 Å². The van der Waals surface area contributed by atoms with Gasteiger partial charge in [-0.05, 0) is 68.3 Å². The van der Waals surface area contributed by atoms with E-state index in [2.05, 4.69) is 10.6 Å². The molecule has 0 spiro atoms. The third-order valence-electron chi connectivity index (χ3n) is 4.76. The molecule has 30 heavy (non-hydrogen) atoms. The molecule has 5 heteroatoms. The highest BCUT2D eigenvalue weighted by atomic mass is 16.5. The minimum Gasteiger partial charge on any atom is -0.481 e. The third kappa shape index (κ3) is 5.47. The van der Waals surface area contributed by atoms with Crippen molar-refractivity contribution in [3.8, 4) is 5.75 Å². The average molecular weight is 402 g/mol. The Bertz CT molecular complexity index is 1010. The van der Waals surface area contributed by atoms with Crippen LogP contribution in [0.1, 0.15) is 34.8 Å². The Morgan fingerprint density at radius 1 is 0.833 bits per heavy atom. The van der Waals surface area contributed by atoms with Gasteiger partial charge in [0.25, 0.3) is 11.8 Å². The maximum atomic E-state index is 12.6. The van der Waals surface area contributed by atoms with Crippen molar-refractivity contribution >= 4 is 23.2 Å². The van der Waals surface area contributed by atoms with Gasteiger partial charge in [0.15, 0.2) is 6.10 Å². The molecule has 0 radical (unpaired) electrons. The van der Waals surface area contributed by atoms with Crippen molar-refractivity contribution in [3.63, 3.8) is 0 Å². The van der Waals surface area contributed by atoms with Crippen LogP contribution in [-0.2, 0) is 4.79 Å². The van der Waals surface area contributed by atoms with Gasteiger partial charge in [-0.15, -0.1) is 0 Å². The zero-order chi connectivity index (χ0) is 21.5. The van der Waals surface area contributed by atoms with Gasteiger partial charge in [0.2, 0.25) is 0 Å². The van der Waals surface area contributed by atoms with E-state index < -0.39 is 6.10 Å². The molecule has 154 valence electrons. The highest BCUT2D eigenvalue weighted by molar-refractivity contribution is 6.05. The third-order valence-corrected chi connectivity index (χ3v) is 4.76. The minimum absolute atomic E-state index is 0.164. The Morgan fingerprint density at radius 2 is 1.43 bits per heavy atom. The van der Waals surface area contributed by atoms with Crippen molar-refractivity contribution in [2.75, 3.05) is 10.6 Å². The number of carbonyl (C=O) groups is 2. The number of rotatable bonds is 7. The van der Waals surface area contributed by atoms with Gasteiger partial charge in [-0.3, -0.25) is 9.59 Å². The second-order valence-electron chi connectivity index (χ2n) is 7.16. The number of nitrogens with one attached hydrogen (secondary N) is 2. The van der Waals surface area contributed by atoms with Crippen molar-refractivity contribution in [2.45, 2.75) is 33.3 Å². The van der Waals surface area contributed by atoms with E-state index in [-0.39, 0.29) is 11.8 Å². The Kier molecular flexibility index (Phi) is 6.86. The molecule has 2 amide bonds. The summed E-state index contributed by atoms with van der Waals surface area (Å²) in [5.74, 6) is 0.286. The lowest BCUT2D eigenvalue weighted by Gasteiger charge is -2.17. The van der Waals surface area contributed by atoms with Crippen LogP contribution in [0, 0.1) is 13.8 Å². The van der Waals surface area contributed by atoms with Crippen LogP contribution in [-0.4, -0.2) is 17.9 Å². The Hall–Kier alpha value is -3.60. The number of benzene rings is 3. The molecule has 3 aromatic rings. The van der Waals surface area contributed by atoms with Crippen LogP contribution in [0.25, 0.3) is 0 Å². The fourth-order valence-corrected chi connectivity index (χ4v) is 2.99. The Morgan fingerprint density at radius 3 is 2.03 bits per heavy atom. The van der Waals surface area contributed by atoms with Crippen LogP contribution < -0.4 is 15.4 Å². The summed E-state index contributed by atoms with van der Waals surface area (Å²) in [6.45, 7) is 5.81. The molecule has 3 rings (SSSR count). The summed E-state index contributed by atoms with van der Waals surface area (Å²) >= 11 is 0. The molecule has 3 aromatic carbocycles. The predicted octanol–water partition coefficient (Wildman–Crippen LogP) is 5.35. The molecular weight excluding hydrogens is 376 g/mol. The molecule has 0 fully saturated rings. The topological polar surface area (TPSA) is 67.4 Å². The molecule has 0 aromatic heterocycles. The summed E-state index contributed by atoms with van der Waals surface area (Å²) in [5.41, 5.74) is 3.98. The Labute approximate surface area is 177 Å². The van der Waals surface area contributed by atoms with Crippen molar-refractivity contribution in [2.24, 2.45) is 0 Å². The van der Waals surface area contributed by atoms with E-state index in [1.807, 2.05) is 63.2 Å². The average Bonchev–Trinajstić information content (AvgIpc) is 2.75. The van der Waals surface area contributed by atoms with Gasteiger partial charge in [-0.1, -0.05) is 42.8 Å². The van der Waals surface area contributed by atoms with Crippen molar-refractivity contribution < 1.29 is 14.3 Å². The number of ether oxygens (including phenoxy) is 1. The first-order valence-corrected chi connectivity index (χ1v) is 9.97. The Balaban J connectivity index is 1.60. The van der Waals surface area contributed by atoms with E-state index in [1.54, 1.807) is 30.3 Å². The lowest BCUT2D eigenvalue weighted by atomic mass is 10.1. The molecule has 0 bridgehead atoms. The molecule has 2 N–H and O–H groups in total. The maximum absolute atomic E-state index is 12.6. The van der Waals surface area contributed by atoms with Crippen LogP contribution in [0.5, 0.6) is 5.75 Å². The molecule has 0 saturated carbocycles. The second-order valence-corrected chi connectivity index (χ2v) is 7.16. The van der Waals surface area contributed by atoms with Crippen LogP contribution in [0.4, 0.5) is 11.4 Å². The van der Waals surface area contributed by atoms with Gasteiger partial charge < -0.3 is 15.4 Å². The normalized spacial score (nSPS) is 11.4. The molecule has 1 atom stereocenters. The van der Waals surface area contributed by atoms with Gasteiger partial charge in [0.05, 0.1) is 0 Å². The van der Waals surface area contributed by atoms with Crippen molar-refractivity contribution in [1.82, 2.24) is 0 Å². The molecule has 1 unspecified atom stereocenters. The van der Waals surface area contributed by atoms with E-state index >= 15 is 0 Å². The number of amides is 2. The lowest BCUT2D eigenvalue weighted by Crippen LogP contribution is -2.32. The highest BCUT2D eigenvalue weighted by Gasteiger charge is 2.18. The lowest BCUT2D eigenvalue weighted by molar-refractivity contribution is -0.122. The molecule has 0 saturated heterocycles. The second kappa shape index (κ2) is 9.74. The number of hydrogen-bond acceptors (Lipinski definition) is 3. The van der Waals surface area contributed by atoms with Gasteiger partial charge >= 0.3 is 0 Å². The van der Waals surface area contributed by atoms with E-state index in [4.69, 9.17) is 4.74 Å².